The van der Waals surface area contributed by atoms with E-state index in [2.05, 4.69) is 20.8 Å². The quantitative estimate of drug-likeness (QED) is 0.316. The van der Waals surface area contributed by atoms with E-state index in [-0.39, 0.29) is 5.41 Å². The van der Waals surface area contributed by atoms with Crippen LogP contribution in [0.1, 0.15) is 33.3 Å². The zero-order valence-electron chi connectivity index (χ0n) is 10.7. The number of nitrogens with zero attached hydrogens (tertiary/aromatic N) is 1. The Morgan fingerprint density at radius 2 is 1.71 bits per heavy atom. The Labute approximate surface area is 108 Å². The average Bonchev–Trinajstić information content (AvgIpc) is 2.25. The molecule has 1 aliphatic rings. The third kappa shape index (κ3) is 1.90. The van der Waals surface area contributed by atoms with Crippen molar-refractivity contribution in [2.75, 3.05) is 0 Å². The van der Waals surface area contributed by atoms with Crippen LogP contribution < -0.4 is 4.65 Å². The van der Waals surface area contributed by atoms with Crippen LogP contribution >= 0.6 is 11.6 Å². The Morgan fingerprint density at radius 3 is 2.00 bits per heavy atom. The first-order valence-electron chi connectivity index (χ1n) is 5.77. The summed E-state index contributed by atoms with van der Waals surface area (Å²) in [5.74, 6) is 0. The first-order chi connectivity index (χ1) is 7.67. The van der Waals surface area contributed by atoms with Crippen molar-refractivity contribution in [1.82, 2.24) is 4.65 Å². The second-order valence-electron chi connectivity index (χ2n) is 5.79. The lowest BCUT2D eigenvalue weighted by Gasteiger charge is -2.52. The van der Waals surface area contributed by atoms with Gasteiger partial charge in [0.05, 0.1) is 0 Å². The average molecular weight is 252 g/mol. The molecule has 0 aliphatic carbocycles. The Balaban J connectivity index is 2.35. The highest BCUT2D eigenvalue weighted by atomic mass is 35.5. The molecule has 2 atom stereocenters. The van der Waals surface area contributed by atoms with Gasteiger partial charge >= 0.3 is 0 Å². The van der Waals surface area contributed by atoms with Crippen molar-refractivity contribution in [1.29, 1.82) is 0 Å². The molecule has 0 amide bonds. The fourth-order valence-electron chi connectivity index (χ4n) is 1.94. The SMILES string of the molecule is CC(C)(C)c1ccc([N+]2([O-])C=CC2(C)Cl)cc1. The molecule has 2 rings (SSSR count). The molecule has 0 saturated carbocycles. The van der Waals surface area contributed by atoms with Gasteiger partial charge in [0.1, 0.15) is 11.9 Å². The highest BCUT2D eigenvalue weighted by Crippen LogP contribution is 2.43. The number of alkyl halides is 1. The van der Waals surface area contributed by atoms with Crippen LogP contribution in [0.5, 0.6) is 0 Å². The van der Waals surface area contributed by atoms with Gasteiger partial charge in [-0.15, -0.1) is 0 Å². The monoisotopic (exact) mass is 251 g/mol. The molecule has 2 unspecified atom stereocenters. The van der Waals surface area contributed by atoms with Gasteiger partial charge in [-0.25, -0.2) is 0 Å². The lowest BCUT2D eigenvalue weighted by Crippen LogP contribution is -2.58. The molecular weight excluding hydrogens is 234 g/mol. The fourth-order valence-corrected chi connectivity index (χ4v) is 2.15. The molecule has 1 aromatic rings. The Morgan fingerprint density at radius 1 is 1.18 bits per heavy atom. The first kappa shape index (κ1) is 12.6. The summed E-state index contributed by atoms with van der Waals surface area (Å²) in [7, 11) is 0. The van der Waals surface area contributed by atoms with Crippen molar-refractivity contribution >= 4 is 17.3 Å². The fraction of sp³-hybridized carbons (Fsp3) is 0.429. The predicted molar refractivity (Wildman–Crippen MR) is 73.7 cm³/mol. The normalized spacial score (nSPS) is 32.4. The molecule has 1 aromatic carbocycles. The van der Waals surface area contributed by atoms with Crippen molar-refractivity contribution in [2.24, 2.45) is 0 Å². The van der Waals surface area contributed by atoms with Crippen LogP contribution in [0.15, 0.2) is 36.5 Å². The molecule has 2 nitrogen and oxygen atoms in total. The number of halogens is 1. The van der Waals surface area contributed by atoms with Gasteiger partial charge in [0, 0.05) is 25.1 Å². The second-order valence-corrected chi connectivity index (χ2v) is 6.56. The summed E-state index contributed by atoms with van der Waals surface area (Å²) in [5.41, 5.74) is 1.99. The van der Waals surface area contributed by atoms with E-state index in [0.717, 1.165) is 0 Å². The van der Waals surface area contributed by atoms with Crippen molar-refractivity contribution in [2.45, 2.75) is 38.1 Å². The summed E-state index contributed by atoms with van der Waals surface area (Å²) in [5, 5.41) is 12.5. The minimum Gasteiger partial charge on any atom is -0.621 e. The van der Waals surface area contributed by atoms with E-state index in [1.165, 1.54) is 5.56 Å². The summed E-state index contributed by atoms with van der Waals surface area (Å²) in [4.78, 5) is -0.872. The summed E-state index contributed by atoms with van der Waals surface area (Å²) in [6.45, 7) is 8.19. The van der Waals surface area contributed by atoms with Gasteiger partial charge in [-0.05, 0) is 22.6 Å². The zero-order valence-corrected chi connectivity index (χ0v) is 11.5. The lowest BCUT2D eigenvalue weighted by atomic mass is 9.87. The first-order valence-corrected chi connectivity index (χ1v) is 6.15. The minimum atomic E-state index is -0.872. The summed E-state index contributed by atoms with van der Waals surface area (Å²) in [6, 6.07) is 7.76. The molecule has 0 radical (unpaired) electrons. The van der Waals surface area contributed by atoms with Crippen LogP contribution in [-0.2, 0) is 5.41 Å². The van der Waals surface area contributed by atoms with Gasteiger partial charge < -0.3 is 5.21 Å². The van der Waals surface area contributed by atoms with Gasteiger partial charge in [-0.3, -0.25) is 4.65 Å². The number of rotatable bonds is 1. The predicted octanol–water partition coefficient (Wildman–Crippen LogP) is 4.27. The molecule has 0 bridgehead atoms. The van der Waals surface area contributed by atoms with Crippen LogP contribution in [-0.4, -0.2) is 5.00 Å². The van der Waals surface area contributed by atoms with Gasteiger partial charge in [-0.1, -0.05) is 32.9 Å². The van der Waals surface area contributed by atoms with Crippen LogP contribution in [0.25, 0.3) is 0 Å². The van der Waals surface area contributed by atoms with Crippen molar-refractivity contribution in [3.05, 3.63) is 47.3 Å². The van der Waals surface area contributed by atoms with Gasteiger partial charge in [-0.2, -0.15) is 0 Å². The maximum atomic E-state index is 12.5. The summed E-state index contributed by atoms with van der Waals surface area (Å²) in [6.07, 6.45) is 3.32. The van der Waals surface area contributed by atoms with E-state index in [0.29, 0.717) is 5.69 Å². The highest BCUT2D eigenvalue weighted by molar-refractivity contribution is 6.26. The van der Waals surface area contributed by atoms with Crippen molar-refractivity contribution in [3.8, 4) is 0 Å². The molecule has 0 saturated heterocycles. The van der Waals surface area contributed by atoms with Gasteiger partial charge in [0.15, 0.2) is 0 Å². The molecule has 1 heterocycles. The van der Waals surface area contributed by atoms with Crippen molar-refractivity contribution < 1.29 is 0 Å². The topological polar surface area (TPSA) is 23.1 Å². The number of benzene rings is 1. The van der Waals surface area contributed by atoms with Crippen molar-refractivity contribution in [3.63, 3.8) is 0 Å². The molecule has 0 fully saturated rings. The second kappa shape index (κ2) is 3.58. The Hall–Kier alpha value is -0.830. The molecule has 0 aromatic heterocycles. The van der Waals surface area contributed by atoms with Crippen LogP contribution in [0.4, 0.5) is 5.69 Å². The zero-order chi connectivity index (χ0) is 12.9. The summed E-state index contributed by atoms with van der Waals surface area (Å²) >= 11 is 6.15. The minimum absolute atomic E-state index is 0.0985. The molecule has 3 heteroatoms. The van der Waals surface area contributed by atoms with E-state index < -0.39 is 9.64 Å². The largest absolute Gasteiger partial charge is 0.621 e. The van der Waals surface area contributed by atoms with E-state index in [1.54, 1.807) is 19.2 Å². The molecule has 17 heavy (non-hydrogen) atoms. The molecule has 0 spiro atoms. The standard InChI is InChI=1S/C14H18ClNO/c1-13(2,3)11-5-7-12(8-6-11)16(17)10-9-14(16,4)15/h5-10H,1-4H3. The third-order valence-electron chi connectivity index (χ3n) is 3.36. The number of quaternary nitrogens is 1. The molecule has 92 valence electrons. The lowest BCUT2D eigenvalue weighted by molar-refractivity contribution is 0.345. The van der Waals surface area contributed by atoms with Crippen LogP contribution in [0.3, 0.4) is 0 Å². The van der Waals surface area contributed by atoms with E-state index in [9.17, 15) is 5.21 Å². The maximum absolute atomic E-state index is 12.5. The number of hydroxylamine groups is 2. The highest BCUT2D eigenvalue weighted by Gasteiger charge is 2.45. The van der Waals surface area contributed by atoms with Crippen LogP contribution in [0.2, 0.25) is 0 Å². The molecular formula is C14H18ClNO. The van der Waals surface area contributed by atoms with E-state index in [4.69, 9.17) is 11.6 Å². The van der Waals surface area contributed by atoms with E-state index >= 15 is 0 Å². The summed E-state index contributed by atoms with van der Waals surface area (Å²) < 4.78 is -0.584. The maximum Gasteiger partial charge on any atom is 0.204 e. The van der Waals surface area contributed by atoms with Crippen LogP contribution in [0, 0.1) is 5.21 Å². The van der Waals surface area contributed by atoms with E-state index in [1.807, 2.05) is 24.3 Å². The smallest absolute Gasteiger partial charge is 0.204 e. The molecule has 0 N–H and O–H groups in total. The van der Waals surface area contributed by atoms with Gasteiger partial charge in [0.2, 0.25) is 5.00 Å². The number of hydrogen-bond donors (Lipinski definition) is 0. The third-order valence-corrected chi connectivity index (χ3v) is 3.73. The molecule has 1 aliphatic heterocycles. The Kier molecular flexibility index (Phi) is 2.66. The Bertz CT molecular complexity index is 456. The number of hydrogen-bond acceptors (Lipinski definition) is 1. The van der Waals surface area contributed by atoms with Gasteiger partial charge in [0.25, 0.3) is 0 Å².